The molecule has 0 amide bonds. The molecule has 3 aliphatic rings. The fourth-order valence-electron chi connectivity index (χ4n) is 4.48. The minimum atomic E-state index is -0.520. The maximum atomic E-state index is 11.2. The molecule has 1 unspecified atom stereocenters. The van der Waals surface area contributed by atoms with Crippen molar-refractivity contribution in [3.8, 4) is 5.75 Å². The van der Waals surface area contributed by atoms with Gasteiger partial charge in [-0.3, -0.25) is 9.88 Å². The lowest BCUT2D eigenvalue weighted by atomic mass is 9.76. The molecule has 126 valence electrons. The molecule has 1 aromatic heterocycles. The fourth-order valence-corrected chi connectivity index (χ4v) is 4.48. The van der Waals surface area contributed by atoms with E-state index in [0.29, 0.717) is 12.0 Å². The number of aliphatic hydroxyl groups is 1. The summed E-state index contributed by atoms with van der Waals surface area (Å²) in [6, 6.07) is 8.31. The van der Waals surface area contributed by atoms with Crippen LogP contribution in [0.4, 0.5) is 0 Å². The average molecular weight is 324 g/mol. The van der Waals surface area contributed by atoms with E-state index in [9.17, 15) is 5.11 Å². The number of aliphatic hydroxyl groups excluding tert-OH is 1. The van der Waals surface area contributed by atoms with Crippen molar-refractivity contribution in [2.45, 2.75) is 37.5 Å². The van der Waals surface area contributed by atoms with Gasteiger partial charge in [0.25, 0.3) is 0 Å². The highest BCUT2D eigenvalue weighted by molar-refractivity contribution is 5.83. The lowest BCUT2D eigenvalue weighted by Gasteiger charge is -2.51. The Kier molecular flexibility index (Phi) is 4.02. The first kappa shape index (κ1) is 15.6. The maximum Gasteiger partial charge on any atom is 0.119 e. The number of benzene rings is 1. The molecule has 2 aromatic rings. The number of ether oxygens (including phenoxy) is 1. The van der Waals surface area contributed by atoms with Gasteiger partial charge in [0.15, 0.2) is 0 Å². The maximum absolute atomic E-state index is 11.2. The molecule has 4 nitrogen and oxygen atoms in total. The molecular weight excluding hydrogens is 300 g/mol. The molecule has 2 bridgehead atoms. The number of rotatable bonds is 4. The van der Waals surface area contributed by atoms with E-state index < -0.39 is 6.10 Å². The SMILES string of the molecule is C=C[C@H]1C[C@H]2CCN1[C@H]([C@H](O)c1ccnc3ccc(OC)cc13)C2. The van der Waals surface area contributed by atoms with E-state index in [1.807, 2.05) is 30.3 Å². The Morgan fingerprint density at radius 3 is 3.00 bits per heavy atom. The van der Waals surface area contributed by atoms with Crippen molar-refractivity contribution in [2.24, 2.45) is 5.92 Å². The van der Waals surface area contributed by atoms with Gasteiger partial charge in [0.2, 0.25) is 0 Å². The summed E-state index contributed by atoms with van der Waals surface area (Å²) in [6.07, 6.45) is 6.77. The molecule has 0 aliphatic carbocycles. The molecule has 24 heavy (non-hydrogen) atoms. The summed E-state index contributed by atoms with van der Waals surface area (Å²) >= 11 is 0. The highest BCUT2D eigenvalue weighted by atomic mass is 16.5. The van der Waals surface area contributed by atoms with E-state index in [1.54, 1.807) is 13.3 Å². The first-order valence-electron chi connectivity index (χ1n) is 8.70. The molecule has 4 heterocycles. The first-order chi connectivity index (χ1) is 11.7. The van der Waals surface area contributed by atoms with Gasteiger partial charge < -0.3 is 9.84 Å². The van der Waals surface area contributed by atoms with Crippen LogP contribution in [0, 0.1) is 5.92 Å². The number of methoxy groups -OCH3 is 1. The zero-order chi connectivity index (χ0) is 16.7. The Hall–Kier alpha value is -1.91. The van der Waals surface area contributed by atoms with Crippen molar-refractivity contribution >= 4 is 10.9 Å². The van der Waals surface area contributed by atoms with Crippen LogP contribution in [0.25, 0.3) is 10.9 Å². The monoisotopic (exact) mass is 324 g/mol. The summed E-state index contributed by atoms with van der Waals surface area (Å²) < 4.78 is 5.35. The van der Waals surface area contributed by atoms with E-state index in [4.69, 9.17) is 4.74 Å². The summed E-state index contributed by atoms with van der Waals surface area (Å²) in [5, 5.41) is 12.2. The molecule has 3 aliphatic heterocycles. The Bertz CT molecular complexity index is 760. The second-order valence-corrected chi connectivity index (χ2v) is 6.96. The number of hydrogen-bond donors (Lipinski definition) is 1. The molecule has 0 radical (unpaired) electrons. The number of piperidine rings is 3. The van der Waals surface area contributed by atoms with E-state index in [0.717, 1.165) is 35.2 Å². The van der Waals surface area contributed by atoms with Crippen molar-refractivity contribution in [1.82, 2.24) is 9.88 Å². The van der Waals surface area contributed by atoms with Crippen LogP contribution in [0.2, 0.25) is 0 Å². The molecule has 5 atom stereocenters. The van der Waals surface area contributed by atoms with E-state index in [2.05, 4.69) is 16.5 Å². The number of aromatic nitrogens is 1. The molecule has 0 saturated carbocycles. The molecule has 3 fully saturated rings. The zero-order valence-electron chi connectivity index (χ0n) is 14.1. The number of fused-ring (bicyclic) bond motifs is 4. The van der Waals surface area contributed by atoms with Gasteiger partial charge in [-0.15, -0.1) is 6.58 Å². The Morgan fingerprint density at radius 2 is 2.25 bits per heavy atom. The van der Waals surface area contributed by atoms with E-state index in [-0.39, 0.29) is 6.04 Å². The van der Waals surface area contributed by atoms with Crippen LogP contribution in [0.5, 0.6) is 5.75 Å². The predicted octanol–water partition coefficient (Wildman–Crippen LogP) is 3.32. The second-order valence-electron chi connectivity index (χ2n) is 6.96. The van der Waals surface area contributed by atoms with Crippen LogP contribution in [0.1, 0.15) is 30.9 Å². The summed E-state index contributed by atoms with van der Waals surface area (Å²) in [5.41, 5.74) is 1.84. The van der Waals surface area contributed by atoms with Crippen molar-refractivity contribution in [3.05, 3.63) is 48.7 Å². The van der Waals surface area contributed by atoms with Crippen molar-refractivity contribution < 1.29 is 9.84 Å². The molecule has 3 saturated heterocycles. The van der Waals surface area contributed by atoms with Crippen LogP contribution in [-0.2, 0) is 0 Å². The van der Waals surface area contributed by atoms with Gasteiger partial charge in [0.1, 0.15) is 5.75 Å². The number of pyridine rings is 1. The second kappa shape index (κ2) is 6.19. The molecule has 1 aromatic carbocycles. The fraction of sp³-hybridized carbons (Fsp3) is 0.450. The zero-order valence-corrected chi connectivity index (χ0v) is 14.1. The first-order valence-corrected chi connectivity index (χ1v) is 8.70. The van der Waals surface area contributed by atoms with Gasteiger partial charge in [0.05, 0.1) is 18.7 Å². The molecule has 0 spiro atoms. The normalized spacial score (nSPS) is 30.2. The Morgan fingerprint density at radius 1 is 1.38 bits per heavy atom. The highest BCUT2D eigenvalue weighted by Crippen LogP contribution is 2.42. The molecule has 4 heteroatoms. The summed E-state index contributed by atoms with van der Waals surface area (Å²) in [7, 11) is 1.66. The molecule has 5 rings (SSSR count). The average Bonchev–Trinajstić information content (AvgIpc) is 2.66. The van der Waals surface area contributed by atoms with Gasteiger partial charge >= 0.3 is 0 Å². The lowest BCUT2D eigenvalue weighted by molar-refractivity contribution is -0.0473. The minimum absolute atomic E-state index is 0.150. The molecular formula is C20H24N2O2. The van der Waals surface area contributed by atoms with Crippen LogP contribution in [0.3, 0.4) is 0 Å². The van der Waals surface area contributed by atoms with Crippen molar-refractivity contribution in [3.63, 3.8) is 0 Å². The number of hydrogen-bond acceptors (Lipinski definition) is 4. The summed E-state index contributed by atoms with van der Waals surface area (Å²) in [4.78, 5) is 6.86. The van der Waals surface area contributed by atoms with Crippen LogP contribution in [0.15, 0.2) is 43.1 Å². The summed E-state index contributed by atoms with van der Waals surface area (Å²) in [6.45, 7) is 5.04. The summed E-state index contributed by atoms with van der Waals surface area (Å²) in [5.74, 6) is 1.48. The Labute approximate surface area is 142 Å². The number of nitrogens with zero attached hydrogens (tertiary/aromatic N) is 2. The molecule has 1 N–H and O–H groups in total. The smallest absolute Gasteiger partial charge is 0.119 e. The standard InChI is InChI=1S/C20H24N2O2/c1-3-14-10-13-7-9-22(14)19(11-13)20(23)16-6-8-21-18-5-4-15(24-2)12-17(16)18/h3-6,8,12-14,19-20,23H,1,7,9-11H2,2H3/t13-,14+,19+,20-/m1/s1. The van der Waals surface area contributed by atoms with Gasteiger partial charge in [0, 0.05) is 23.7 Å². The highest BCUT2D eigenvalue weighted by Gasteiger charge is 2.42. The van der Waals surface area contributed by atoms with Crippen molar-refractivity contribution in [2.75, 3.05) is 13.7 Å². The lowest BCUT2D eigenvalue weighted by Crippen LogP contribution is -2.55. The third kappa shape index (κ3) is 2.50. The minimum Gasteiger partial charge on any atom is -0.497 e. The van der Waals surface area contributed by atoms with E-state index in [1.165, 1.54) is 12.8 Å². The van der Waals surface area contributed by atoms with Crippen LogP contribution >= 0.6 is 0 Å². The van der Waals surface area contributed by atoms with E-state index >= 15 is 0 Å². The van der Waals surface area contributed by atoms with Crippen LogP contribution < -0.4 is 4.74 Å². The van der Waals surface area contributed by atoms with Gasteiger partial charge in [-0.25, -0.2) is 0 Å². The van der Waals surface area contributed by atoms with Gasteiger partial charge in [-0.1, -0.05) is 6.08 Å². The Balaban J connectivity index is 1.73. The van der Waals surface area contributed by atoms with Gasteiger partial charge in [-0.2, -0.15) is 0 Å². The topological polar surface area (TPSA) is 45.6 Å². The third-order valence-corrected chi connectivity index (χ3v) is 5.73. The largest absolute Gasteiger partial charge is 0.497 e. The van der Waals surface area contributed by atoms with Crippen molar-refractivity contribution in [1.29, 1.82) is 0 Å². The quantitative estimate of drug-likeness (QED) is 0.877. The third-order valence-electron chi connectivity index (χ3n) is 5.73. The van der Waals surface area contributed by atoms with Crippen LogP contribution in [-0.4, -0.2) is 40.7 Å². The van der Waals surface area contributed by atoms with Gasteiger partial charge in [-0.05, 0) is 61.6 Å². The predicted molar refractivity (Wildman–Crippen MR) is 95.1 cm³/mol.